The molecule has 1 atom stereocenters. The molecule has 4 heteroatoms. The van der Waals surface area contributed by atoms with E-state index >= 15 is 0 Å². The fourth-order valence-corrected chi connectivity index (χ4v) is 2.42. The highest BCUT2D eigenvalue weighted by Gasteiger charge is 2.12. The molecule has 0 aromatic heterocycles. The zero-order valence-electron chi connectivity index (χ0n) is 11.4. The number of hydrogen-bond acceptors (Lipinski definition) is 1. The second-order valence-electron chi connectivity index (χ2n) is 4.80. The van der Waals surface area contributed by atoms with Crippen molar-refractivity contribution in [2.45, 2.75) is 19.4 Å². The van der Waals surface area contributed by atoms with Gasteiger partial charge in [0.1, 0.15) is 0 Å². The summed E-state index contributed by atoms with van der Waals surface area (Å²) < 4.78 is 27.3. The Kier molecular flexibility index (Phi) is 4.89. The molecule has 0 aliphatic rings. The standard InChI is InChI=1S/C16H16BrF2N/c1-10-7-12(4-5-13(10)17)16(20-2)9-11-3-6-14(18)15(19)8-11/h3-8,16,20H,9H2,1-2H3. The van der Waals surface area contributed by atoms with Crippen LogP contribution in [-0.4, -0.2) is 7.05 Å². The van der Waals surface area contributed by atoms with Crippen molar-refractivity contribution in [3.05, 3.63) is 69.2 Å². The van der Waals surface area contributed by atoms with Gasteiger partial charge in [-0.2, -0.15) is 0 Å². The summed E-state index contributed by atoms with van der Waals surface area (Å²) in [5.74, 6) is -1.61. The minimum absolute atomic E-state index is 0.0617. The molecular formula is C16H16BrF2N. The first-order chi connectivity index (χ1) is 9.51. The van der Waals surface area contributed by atoms with Gasteiger partial charge in [-0.05, 0) is 55.3 Å². The number of aryl methyl sites for hydroxylation is 1. The molecule has 1 nitrogen and oxygen atoms in total. The molecule has 2 rings (SSSR count). The summed E-state index contributed by atoms with van der Waals surface area (Å²) in [6.45, 7) is 2.03. The van der Waals surface area contributed by atoms with Crippen LogP contribution < -0.4 is 5.32 Å². The predicted molar refractivity (Wildman–Crippen MR) is 80.7 cm³/mol. The first kappa shape index (κ1) is 15.1. The topological polar surface area (TPSA) is 12.0 Å². The lowest BCUT2D eigenvalue weighted by atomic mass is 9.97. The molecule has 0 saturated carbocycles. The third kappa shape index (κ3) is 3.44. The van der Waals surface area contributed by atoms with Gasteiger partial charge in [0.2, 0.25) is 0 Å². The Bertz CT molecular complexity index is 613. The molecule has 1 N–H and O–H groups in total. The maximum absolute atomic E-state index is 13.3. The fourth-order valence-electron chi connectivity index (χ4n) is 2.17. The van der Waals surface area contributed by atoms with Crippen LogP contribution in [0.2, 0.25) is 0 Å². The largest absolute Gasteiger partial charge is 0.313 e. The van der Waals surface area contributed by atoms with Gasteiger partial charge in [0.25, 0.3) is 0 Å². The van der Waals surface area contributed by atoms with Crippen LogP contribution in [0.15, 0.2) is 40.9 Å². The first-order valence-electron chi connectivity index (χ1n) is 6.38. The Labute approximate surface area is 126 Å². The minimum atomic E-state index is -0.811. The van der Waals surface area contributed by atoms with Crippen molar-refractivity contribution in [3.63, 3.8) is 0 Å². The quantitative estimate of drug-likeness (QED) is 0.862. The summed E-state index contributed by atoms with van der Waals surface area (Å²) in [7, 11) is 1.86. The van der Waals surface area contributed by atoms with E-state index in [2.05, 4.69) is 27.3 Å². The van der Waals surface area contributed by atoms with Crippen LogP contribution in [-0.2, 0) is 6.42 Å². The zero-order valence-corrected chi connectivity index (χ0v) is 13.0. The van der Waals surface area contributed by atoms with Crippen molar-refractivity contribution in [3.8, 4) is 0 Å². The molecule has 0 amide bonds. The van der Waals surface area contributed by atoms with Crippen molar-refractivity contribution in [1.29, 1.82) is 0 Å². The van der Waals surface area contributed by atoms with Gasteiger partial charge < -0.3 is 5.32 Å². The molecule has 0 aliphatic carbocycles. The summed E-state index contributed by atoms with van der Waals surface area (Å²) in [5.41, 5.74) is 3.04. The third-order valence-corrected chi connectivity index (χ3v) is 4.25. The highest BCUT2D eigenvalue weighted by Crippen LogP contribution is 2.24. The van der Waals surface area contributed by atoms with E-state index in [0.717, 1.165) is 21.2 Å². The molecule has 0 spiro atoms. The number of rotatable bonds is 4. The third-order valence-electron chi connectivity index (χ3n) is 3.36. The monoisotopic (exact) mass is 339 g/mol. The molecule has 1 unspecified atom stereocenters. The molecule has 20 heavy (non-hydrogen) atoms. The summed E-state index contributed by atoms with van der Waals surface area (Å²) in [6.07, 6.45) is 0.606. The van der Waals surface area contributed by atoms with Gasteiger partial charge in [0.05, 0.1) is 0 Å². The molecule has 0 fully saturated rings. The Morgan fingerprint density at radius 2 is 1.85 bits per heavy atom. The second kappa shape index (κ2) is 6.46. The predicted octanol–water partition coefficient (Wildman–Crippen LogP) is 4.54. The van der Waals surface area contributed by atoms with Crippen molar-refractivity contribution in [1.82, 2.24) is 5.32 Å². The van der Waals surface area contributed by atoms with E-state index in [-0.39, 0.29) is 6.04 Å². The van der Waals surface area contributed by atoms with Crippen LogP contribution in [0.1, 0.15) is 22.7 Å². The first-order valence-corrected chi connectivity index (χ1v) is 7.18. The van der Waals surface area contributed by atoms with E-state index in [1.807, 2.05) is 26.1 Å². The smallest absolute Gasteiger partial charge is 0.159 e. The number of benzene rings is 2. The Morgan fingerprint density at radius 1 is 1.10 bits per heavy atom. The van der Waals surface area contributed by atoms with E-state index in [0.29, 0.717) is 6.42 Å². The minimum Gasteiger partial charge on any atom is -0.313 e. The Hall–Kier alpha value is -1.26. The maximum atomic E-state index is 13.3. The molecule has 106 valence electrons. The lowest BCUT2D eigenvalue weighted by Crippen LogP contribution is -2.19. The Balaban J connectivity index is 2.23. The van der Waals surface area contributed by atoms with Crippen molar-refractivity contribution < 1.29 is 8.78 Å². The van der Waals surface area contributed by atoms with E-state index in [9.17, 15) is 8.78 Å². The number of halogens is 3. The van der Waals surface area contributed by atoms with Crippen LogP contribution in [0, 0.1) is 18.6 Å². The molecule has 0 radical (unpaired) electrons. The highest BCUT2D eigenvalue weighted by molar-refractivity contribution is 9.10. The van der Waals surface area contributed by atoms with E-state index in [1.54, 1.807) is 6.07 Å². The van der Waals surface area contributed by atoms with Gasteiger partial charge in [0, 0.05) is 10.5 Å². The van der Waals surface area contributed by atoms with E-state index in [4.69, 9.17) is 0 Å². The van der Waals surface area contributed by atoms with E-state index in [1.165, 1.54) is 12.1 Å². The summed E-state index contributed by atoms with van der Waals surface area (Å²) >= 11 is 3.47. The van der Waals surface area contributed by atoms with E-state index < -0.39 is 11.6 Å². The zero-order chi connectivity index (χ0) is 14.7. The molecule has 0 saturated heterocycles. The van der Waals surface area contributed by atoms with Crippen molar-refractivity contribution in [2.75, 3.05) is 7.05 Å². The summed E-state index contributed by atoms with van der Waals surface area (Å²) in [6, 6.07) is 10.2. The summed E-state index contributed by atoms with van der Waals surface area (Å²) in [5, 5.41) is 3.22. The van der Waals surface area contributed by atoms with Crippen LogP contribution in [0.5, 0.6) is 0 Å². The average molecular weight is 340 g/mol. The number of hydrogen-bond donors (Lipinski definition) is 1. The SMILES string of the molecule is CNC(Cc1ccc(F)c(F)c1)c1ccc(Br)c(C)c1. The molecular weight excluding hydrogens is 324 g/mol. The highest BCUT2D eigenvalue weighted by atomic mass is 79.9. The molecule has 2 aromatic carbocycles. The van der Waals surface area contributed by atoms with Crippen LogP contribution in [0.3, 0.4) is 0 Å². The normalized spacial score (nSPS) is 12.4. The molecule has 0 bridgehead atoms. The second-order valence-corrected chi connectivity index (χ2v) is 5.66. The summed E-state index contributed by atoms with van der Waals surface area (Å²) in [4.78, 5) is 0. The molecule has 0 heterocycles. The Morgan fingerprint density at radius 3 is 2.45 bits per heavy atom. The van der Waals surface area contributed by atoms with Gasteiger partial charge in [-0.25, -0.2) is 8.78 Å². The lowest BCUT2D eigenvalue weighted by molar-refractivity contribution is 0.504. The van der Waals surface area contributed by atoms with Gasteiger partial charge in [0.15, 0.2) is 11.6 Å². The van der Waals surface area contributed by atoms with Crippen LogP contribution in [0.4, 0.5) is 8.78 Å². The van der Waals surface area contributed by atoms with Crippen LogP contribution in [0.25, 0.3) is 0 Å². The maximum Gasteiger partial charge on any atom is 0.159 e. The van der Waals surface area contributed by atoms with Gasteiger partial charge >= 0.3 is 0 Å². The lowest BCUT2D eigenvalue weighted by Gasteiger charge is -2.18. The van der Waals surface area contributed by atoms with Crippen molar-refractivity contribution >= 4 is 15.9 Å². The van der Waals surface area contributed by atoms with Crippen molar-refractivity contribution in [2.24, 2.45) is 0 Å². The number of likely N-dealkylation sites (N-methyl/N-ethyl adjacent to an activating group) is 1. The average Bonchev–Trinajstić information content (AvgIpc) is 2.43. The molecule has 0 aliphatic heterocycles. The molecule has 2 aromatic rings. The van der Waals surface area contributed by atoms with Gasteiger partial charge in [-0.15, -0.1) is 0 Å². The fraction of sp³-hybridized carbons (Fsp3) is 0.250. The van der Waals surface area contributed by atoms with Gasteiger partial charge in [-0.3, -0.25) is 0 Å². The van der Waals surface area contributed by atoms with Crippen LogP contribution >= 0.6 is 15.9 Å². The van der Waals surface area contributed by atoms with Gasteiger partial charge in [-0.1, -0.05) is 34.1 Å². The number of nitrogens with one attached hydrogen (secondary N) is 1.